The van der Waals surface area contributed by atoms with Gasteiger partial charge in [-0.3, -0.25) is 0 Å². The molecule has 0 aliphatic heterocycles. The minimum atomic E-state index is 0.834. The van der Waals surface area contributed by atoms with Gasteiger partial charge in [-0.1, -0.05) is 134 Å². The average molecular weight is 546 g/mol. The van der Waals surface area contributed by atoms with E-state index in [-0.39, 0.29) is 0 Å². The highest BCUT2D eigenvalue weighted by atomic mass is 15.1. The van der Waals surface area contributed by atoms with E-state index >= 15 is 0 Å². The van der Waals surface area contributed by atoms with E-state index in [1.807, 2.05) is 44.2 Å². The van der Waals surface area contributed by atoms with Gasteiger partial charge in [0.1, 0.15) is 0 Å². The first-order valence-corrected chi connectivity index (χ1v) is 14.4. The van der Waals surface area contributed by atoms with Crippen molar-refractivity contribution in [2.75, 3.05) is 4.90 Å². The first-order valence-electron chi connectivity index (χ1n) is 14.4. The fraction of sp³-hybridized carbons (Fsp3) is 0.0732. The molecule has 0 N–H and O–H groups in total. The lowest BCUT2D eigenvalue weighted by molar-refractivity contribution is 1.14. The largest absolute Gasteiger partial charge is 0.311 e. The molecule has 4 aromatic rings. The molecule has 0 aliphatic carbocycles. The summed E-state index contributed by atoms with van der Waals surface area (Å²) in [5.41, 5.74) is 10.3. The standard InChI is InChI=1S/C41H39N/c1-5-9-25-37(8-4)42(39-31-29-34(30-32-39)33-20-11-10-12-21-33)38(19-7-3)26-17-24-36-23-14-16-28-41(36)40-27-15-13-22-35(40)18-6-2/h5-17,19-32H,2,4,18H2,1,3H3/b9-5-,19-7-,24-17+,37-25+,38-26+. The molecule has 0 saturated heterocycles. The monoisotopic (exact) mass is 545 g/mol. The van der Waals surface area contributed by atoms with Gasteiger partial charge in [0.15, 0.2) is 0 Å². The molecule has 0 amide bonds. The van der Waals surface area contributed by atoms with Crippen molar-refractivity contribution in [2.45, 2.75) is 20.3 Å². The Morgan fingerprint density at radius 2 is 1.29 bits per heavy atom. The summed E-state index contributed by atoms with van der Waals surface area (Å²) in [5.74, 6) is 0. The Morgan fingerprint density at radius 3 is 1.98 bits per heavy atom. The second-order valence-corrected chi connectivity index (χ2v) is 9.76. The fourth-order valence-corrected chi connectivity index (χ4v) is 4.94. The summed E-state index contributed by atoms with van der Waals surface area (Å²) in [6, 6.07) is 36.2. The van der Waals surface area contributed by atoms with Crippen molar-refractivity contribution < 1.29 is 0 Å². The molecule has 0 atom stereocenters. The molecule has 0 aromatic heterocycles. The van der Waals surface area contributed by atoms with Crippen LogP contribution in [0.2, 0.25) is 0 Å². The lowest BCUT2D eigenvalue weighted by Crippen LogP contribution is -2.19. The van der Waals surface area contributed by atoms with E-state index < -0.39 is 0 Å². The van der Waals surface area contributed by atoms with E-state index in [4.69, 9.17) is 0 Å². The molecule has 0 heterocycles. The third kappa shape index (κ3) is 7.53. The topological polar surface area (TPSA) is 3.24 Å². The van der Waals surface area contributed by atoms with E-state index in [2.05, 4.69) is 152 Å². The average Bonchev–Trinajstić information content (AvgIpc) is 3.04. The van der Waals surface area contributed by atoms with Gasteiger partial charge in [-0.05, 0) is 90.1 Å². The quantitative estimate of drug-likeness (QED) is 0.126. The number of anilines is 1. The first-order chi connectivity index (χ1) is 20.7. The minimum Gasteiger partial charge on any atom is -0.311 e. The Kier molecular flexibility index (Phi) is 11.1. The molecule has 0 aliphatic rings. The molecule has 4 rings (SSSR count). The van der Waals surface area contributed by atoms with Crippen LogP contribution in [0.3, 0.4) is 0 Å². The summed E-state index contributed by atoms with van der Waals surface area (Å²) in [5, 5.41) is 0. The Bertz CT molecular complexity index is 1630. The summed E-state index contributed by atoms with van der Waals surface area (Å²) < 4.78 is 0. The first kappa shape index (κ1) is 29.8. The predicted molar refractivity (Wildman–Crippen MR) is 185 cm³/mol. The van der Waals surface area contributed by atoms with Gasteiger partial charge in [0.05, 0.1) is 0 Å². The Balaban J connectivity index is 1.76. The molecule has 4 aromatic carbocycles. The SMILES string of the molecule is C=CCc1ccccc1-c1ccccc1/C=C/C=C(\C=C/C)N(/C(C=C)=C/C=C\C)c1ccc(-c2ccccc2)cc1. The number of hydrogen-bond acceptors (Lipinski definition) is 1. The van der Waals surface area contributed by atoms with Crippen LogP contribution in [0.25, 0.3) is 28.3 Å². The van der Waals surface area contributed by atoms with Crippen molar-refractivity contribution in [3.63, 3.8) is 0 Å². The minimum absolute atomic E-state index is 0.834. The van der Waals surface area contributed by atoms with Crippen molar-refractivity contribution in [3.05, 3.63) is 193 Å². The zero-order valence-electron chi connectivity index (χ0n) is 24.7. The van der Waals surface area contributed by atoms with Gasteiger partial charge >= 0.3 is 0 Å². The van der Waals surface area contributed by atoms with Gasteiger partial charge in [0, 0.05) is 17.1 Å². The highest BCUT2D eigenvalue weighted by Crippen LogP contribution is 2.31. The van der Waals surface area contributed by atoms with E-state index in [0.717, 1.165) is 29.1 Å². The van der Waals surface area contributed by atoms with Crippen LogP contribution in [0.15, 0.2) is 182 Å². The third-order valence-electron chi connectivity index (χ3n) is 6.93. The van der Waals surface area contributed by atoms with Crippen LogP contribution in [0.5, 0.6) is 0 Å². The molecule has 0 bridgehead atoms. The number of allylic oxidation sites excluding steroid dienone is 9. The fourth-order valence-electron chi connectivity index (χ4n) is 4.94. The lowest BCUT2D eigenvalue weighted by Gasteiger charge is -2.27. The molecule has 42 heavy (non-hydrogen) atoms. The van der Waals surface area contributed by atoms with Crippen LogP contribution in [0, 0.1) is 0 Å². The molecule has 0 unspecified atom stereocenters. The van der Waals surface area contributed by atoms with Gasteiger partial charge in [-0.15, -0.1) is 6.58 Å². The number of hydrogen-bond donors (Lipinski definition) is 0. The smallest absolute Gasteiger partial charge is 0.0462 e. The summed E-state index contributed by atoms with van der Waals surface area (Å²) in [6.07, 6.45) is 21.5. The number of nitrogens with zero attached hydrogens (tertiary/aromatic N) is 1. The van der Waals surface area contributed by atoms with Crippen molar-refractivity contribution in [3.8, 4) is 22.3 Å². The zero-order valence-corrected chi connectivity index (χ0v) is 24.7. The van der Waals surface area contributed by atoms with Crippen LogP contribution >= 0.6 is 0 Å². The van der Waals surface area contributed by atoms with E-state index in [1.54, 1.807) is 0 Å². The lowest BCUT2D eigenvalue weighted by atomic mass is 9.94. The normalized spacial score (nSPS) is 12.3. The summed E-state index contributed by atoms with van der Waals surface area (Å²) in [7, 11) is 0. The third-order valence-corrected chi connectivity index (χ3v) is 6.93. The Morgan fingerprint density at radius 1 is 0.643 bits per heavy atom. The van der Waals surface area contributed by atoms with E-state index in [0.29, 0.717) is 0 Å². The highest BCUT2D eigenvalue weighted by Gasteiger charge is 2.13. The number of benzene rings is 4. The second kappa shape index (κ2) is 15.6. The number of rotatable bonds is 12. The maximum Gasteiger partial charge on any atom is 0.0462 e. The van der Waals surface area contributed by atoms with Gasteiger partial charge in [0.2, 0.25) is 0 Å². The van der Waals surface area contributed by atoms with Crippen molar-refractivity contribution in [1.82, 2.24) is 0 Å². The van der Waals surface area contributed by atoms with Crippen LogP contribution in [-0.4, -0.2) is 0 Å². The molecule has 0 spiro atoms. The molecule has 1 nitrogen and oxygen atoms in total. The highest BCUT2D eigenvalue weighted by molar-refractivity contribution is 5.78. The van der Waals surface area contributed by atoms with E-state index in [1.165, 1.54) is 27.8 Å². The molecule has 0 radical (unpaired) electrons. The van der Waals surface area contributed by atoms with Gasteiger partial charge in [-0.2, -0.15) is 0 Å². The summed E-state index contributed by atoms with van der Waals surface area (Å²) >= 11 is 0. The van der Waals surface area contributed by atoms with Crippen LogP contribution in [0.1, 0.15) is 25.0 Å². The second-order valence-electron chi connectivity index (χ2n) is 9.76. The Hall–Kier alpha value is -5.14. The van der Waals surface area contributed by atoms with Crippen molar-refractivity contribution >= 4 is 11.8 Å². The van der Waals surface area contributed by atoms with Crippen LogP contribution < -0.4 is 4.90 Å². The summed E-state index contributed by atoms with van der Waals surface area (Å²) in [4.78, 5) is 2.23. The molecular weight excluding hydrogens is 506 g/mol. The molecular formula is C41H39N. The van der Waals surface area contributed by atoms with Crippen molar-refractivity contribution in [1.29, 1.82) is 0 Å². The van der Waals surface area contributed by atoms with Gasteiger partial charge in [0.25, 0.3) is 0 Å². The maximum absolute atomic E-state index is 4.14. The van der Waals surface area contributed by atoms with Gasteiger partial charge in [-0.25, -0.2) is 0 Å². The zero-order chi connectivity index (χ0) is 29.6. The van der Waals surface area contributed by atoms with Gasteiger partial charge < -0.3 is 4.90 Å². The van der Waals surface area contributed by atoms with Crippen LogP contribution in [0.4, 0.5) is 5.69 Å². The molecule has 208 valence electrons. The maximum atomic E-state index is 4.14. The van der Waals surface area contributed by atoms with Crippen molar-refractivity contribution in [2.24, 2.45) is 0 Å². The molecule has 0 fully saturated rings. The molecule has 0 saturated carbocycles. The van der Waals surface area contributed by atoms with E-state index in [9.17, 15) is 0 Å². The summed E-state index contributed by atoms with van der Waals surface area (Å²) in [6.45, 7) is 12.2. The molecule has 1 heteroatoms. The Labute approximate surface area is 252 Å². The predicted octanol–water partition coefficient (Wildman–Crippen LogP) is 11.4. The van der Waals surface area contributed by atoms with Crippen LogP contribution in [-0.2, 0) is 6.42 Å².